The smallest absolute Gasteiger partial charge is 0.00437 e. The van der Waals surface area contributed by atoms with Crippen LogP contribution >= 0.6 is 0 Å². The summed E-state index contributed by atoms with van der Waals surface area (Å²) in [6.45, 7) is 11.8. The van der Waals surface area contributed by atoms with E-state index in [1.807, 2.05) is 19.9 Å². The van der Waals surface area contributed by atoms with Crippen molar-refractivity contribution < 1.29 is 0 Å². The average molecular weight is 190 g/mol. The van der Waals surface area contributed by atoms with Gasteiger partial charge in [0.25, 0.3) is 0 Å². The van der Waals surface area contributed by atoms with E-state index in [-0.39, 0.29) is 0 Å². The van der Waals surface area contributed by atoms with E-state index in [0.29, 0.717) is 5.41 Å². The van der Waals surface area contributed by atoms with E-state index in [0.717, 1.165) is 0 Å². The molecule has 0 amide bonds. The fraction of sp³-hybridized carbons (Fsp3) is 0.571. The van der Waals surface area contributed by atoms with E-state index in [4.69, 9.17) is 0 Å². The predicted molar refractivity (Wildman–Crippen MR) is 64.3 cm³/mol. The molecule has 0 aromatic carbocycles. The Bertz CT molecular complexity index is 251. The lowest BCUT2D eigenvalue weighted by Gasteiger charge is -2.25. The van der Waals surface area contributed by atoms with Crippen LogP contribution in [0.15, 0.2) is 36.5 Å². The first kappa shape index (κ1) is 11.3. The number of rotatable bonds is 2. The Morgan fingerprint density at radius 1 is 1.07 bits per heavy atom. The molecule has 0 aromatic heterocycles. The zero-order valence-electron chi connectivity index (χ0n) is 9.60. The molecule has 0 atom stereocenters. The van der Waals surface area contributed by atoms with Gasteiger partial charge < -0.3 is 0 Å². The SMILES string of the molecule is C=CC1=C(C=C)C2(CCC1)CC2.CC. The molecule has 0 nitrogen and oxygen atoms in total. The summed E-state index contributed by atoms with van der Waals surface area (Å²) in [6, 6.07) is 0. The zero-order chi connectivity index (χ0) is 10.6. The quantitative estimate of drug-likeness (QED) is 0.595. The van der Waals surface area contributed by atoms with E-state index >= 15 is 0 Å². The van der Waals surface area contributed by atoms with Crippen LogP contribution in [0.25, 0.3) is 0 Å². The summed E-state index contributed by atoms with van der Waals surface area (Å²) in [4.78, 5) is 0. The highest BCUT2D eigenvalue weighted by Gasteiger charge is 2.46. The van der Waals surface area contributed by atoms with Gasteiger partial charge in [0.1, 0.15) is 0 Å². The zero-order valence-corrected chi connectivity index (χ0v) is 9.60. The van der Waals surface area contributed by atoms with Crippen LogP contribution in [0.2, 0.25) is 0 Å². The molecule has 14 heavy (non-hydrogen) atoms. The lowest BCUT2D eigenvalue weighted by molar-refractivity contribution is 0.498. The van der Waals surface area contributed by atoms with E-state index in [2.05, 4.69) is 19.2 Å². The van der Waals surface area contributed by atoms with Crippen LogP contribution in [0, 0.1) is 5.41 Å². The second kappa shape index (κ2) is 4.63. The molecule has 2 rings (SSSR count). The molecule has 0 radical (unpaired) electrons. The largest absolute Gasteiger partial charge is 0.0988 e. The molecule has 0 aromatic rings. The lowest BCUT2D eigenvalue weighted by atomic mass is 9.80. The highest BCUT2D eigenvalue weighted by Crippen LogP contribution is 2.59. The van der Waals surface area contributed by atoms with Crippen molar-refractivity contribution in [1.82, 2.24) is 0 Å². The van der Waals surface area contributed by atoms with Crippen molar-refractivity contribution in [1.29, 1.82) is 0 Å². The maximum atomic E-state index is 3.91. The van der Waals surface area contributed by atoms with Crippen molar-refractivity contribution in [2.24, 2.45) is 5.41 Å². The maximum Gasteiger partial charge on any atom is -0.00437 e. The first-order valence-corrected chi connectivity index (χ1v) is 5.81. The highest BCUT2D eigenvalue weighted by molar-refractivity contribution is 5.41. The molecule has 1 saturated carbocycles. The first-order chi connectivity index (χ1) is 6.82. The second-order valence-corrected chi connectivity index (χ2v) is 3.98. The Labute approximate surface area is 88.4 Å². The minimum atomic E-state index is 0.559. The van der Waals surface area contributed by atoms with E-state index in [9.17, 15) is 0 Å². The molecule has 1 spiro atoms. The highest BCUT2D eigenvalue weighted by atomic mass is 14.5. The minimum Gasteiger partial charge on any atom is -0.0988 e. The molecular weight excluding hydrogens is 168 g/mol. The molecule has 0 N–H and O–H groups in total. The van der Waals surface area contributed by atoms with Gasteiger partial charge in [-0.3, -0.25) is 0 Å². The van der Waals surface area contributed by atoms with Crippen molar-refractivity contribution >= 4 is 0 Å². The van der Waals surface area contributed by atoms with Crippen LogP contribution in [0.4, 0.5) is 0 Å². The molecule has 1 fully saturated rings. The van der Waals surface area contributed by atoms with Gasteiger partial charge in [0, 0.05) is 0 Å². The summed E-state index contributed by atoms with van der Waals surface area (Å²) in [5.41, 5.74) is 3.52. The molecule has 2 aliphatic rings. The van der Waals surface area contributed by atoms with Crippen molar-refractivity contribution in [3.63, 3.8) is 0 Å². The number of hydrogen-bond acceptors (Lipinski definition) is 0. The van der Waals surface area contributed by atoms with Gasteiger partial charge in [-0.15, -0.1) is 0 Å². The summed E-state index contributed by atoms with van der Waals surface area (Å²) in [6.07, 6.45) is 10.8. The molecule has 0 heteroatoms. The van der Waals surface area contributed by atoms with Gasteiger partial charge in [0.05, 0.1) is 0 Å². The van der Waals surface area contributed by atoms with Crippen LogP contribution in [-0.4, -0.2) is 0 Å². The third-order valence-electron chi connectivity index (χ3n) is 3.32. The molecular formula is C14H22. The third-order valence-corrected chi connectivity index (χ3v) is 3.32. The lowest BCUT2D eigenvalue weighted by Crippen LogP contribution is -2.10. The summed E-state index contributed by atoms with van der Waals surface area (Å²) >= 11 is 0. The molecule has 0 unspecified atom stereocenters. The van der Waals surface area contributed by atoms with E-state index in [1.165, 1.54) is 43.3 Å². The molecule has 0 heterocycles. The van der Waals surface area contributed by atoms with Gasteiger partial charge in [0.2, 0.25) is 0 Å². The standard InChI is InChI=1S/C12H16.C2H6/c1-3-10-6-5-7-12(8-9-12)11(10)4-2;1-2/h3-4H,1-2,5-9H2;1-2H3. The van der Waals surface area contributed by atoms with E-state index < -0.39 is 0 Å². The maximum absolute atomic E-state index is 3.91. The number of allylic oxidation sites excluding steroid dienone is 4. The molecule has 2 aliphatic carbocycles. The Balaban J connectivity index is 0.000000461. The fourth-order valence-corrected chi connectivity index (χ4v) is 2.46. The summed E-state index contributed by atoms with van der Waals surface area (Å²) in [5.74, 6) is 0. The fourth-order valence-electron chi connectivity index (χ4n) is 2.46. The monoisotopic (exact) mass is 190 g/mol. The minimum absolute atomic E-state index is 0.559. The van der Waals surface area contributed by atoms with Gasteiger partial charge >= 0.3 is 0 Å². The third kappa shape index (κ3) is 1.84. The van der Waals surface area contributed by atoms with Crippen LogP contribution in [0.1, 0.15) is 46.0 Å². The van der Waals surface area contributed by atoms with Gasteiger partial charge in [0.15, 0.2) is 0 Å². The molecule has 0 aliphatic heterocycles. The van der Waals surface area contributed by atoms with Crippen molar-refractivity contribution in [3.8, 4) is 0 Å². The summed E-state index contributed by atoms with van der Waals surface area (Å²) < 4.78 is 0. The summed E-state index contributed by atoms with van der Waals surface area (Å²) in [7, 11) is 0. The second-order valence-electron chi connectivity index (χ2n) is 3.98. The van der Waals surface area contributed by atoms with Crippen LogP contribution < -0.4 is 0 Å². The van der Waals surface area contributed by atoms with Crippen LogP contribution in [0.5, 0.6) is 0 Å². The Kier molecular flexibility index (Phi) is 3.74. The Morgan fingerprint density at radius 2 is 1.71 bits per heavy atom. The van der Waals surface area contributed by atoms with Crippen molar-refractivity contribution in [2.45, 2.75) is 46.0 Å². The van der Waals surface area contributed by atoms with Gasteiger partial charge in [-0.1, -0.05) is 39.2 Å². The van der Waals surface area contributed by atoms with Crippen LogP contribution in [-0.2, 0) is 0 Å². The van der Waals surface area contributed by atoms with Crippen LogP contribution in [0.3, 0.4) is 0 Å². The normalized spacial score (nSPS) is 22.4. The van der Waals surface area contributed by atoms with Gasteiger partial charge in [-0.2, -0.15) is 0 Å². The first-order valence-electron chi connectivity index (χ1n) is 5.81. The topological polar surface area (TPSA) is 0 Å². The van der Waals surface area contributed by atoms with Gasteiger partial charge in [-0.05, 0) is 48.7 Å². The molecule has 78 valence electrons. The summed E-state index contributed by atoms with van der Waals surface area (Å²) in [5, 5.41) is 0. The van der Waals surface area contributed by atoms with E-state index in [1.54, 1.807) is 0 Å². The Hall–Kier alpha value is -0.780. The van der Waals surface area contributed by atoms with Gasteiger partial charge in [-0.25, -0.2) is 0 Å². The number of hydrogen-bond donors (Lipinski definition) is 0. The van der Waals surface area contributed by atoms with Crippen molar-refractivity contribution in [2.75, 3.05) is 0 Å². The Morgan fingerprint density at radius 3 is 2.14 bits per heavy atom. The predicted octanol–water partition coefficient (Wildman–Crippen LogP) is 4.65. The average Bonchev–Trinajstić information content (AvgIpc) is 3.01. The molecule has 0 bridgehead atoms. The van der Waals surface area contributed by atoms with Crippen molar-refractivity contribution in [3.05, 3.63) is 36.5 Å². The molecule has 0 saturated heterocycles.